The molecule has 1 aliphatic carbocycles. The Bertz CT molecular complexity index is 245. The van der Waals surface area contributed by atoms with Crippen LogP contribution >= 0.6 is 0 Å². The van der Waals surface area contributed by atoms with Gasteiger partial charge in [-0.05, 0) is 52.0 Å². The molecule has 0 radical (unpaired) electrons. The summed E-state index contributed by atoms with van der Waals surface area (Å²) < 4.78 is 5.62. The first kappa shape index (κ1) is 15.9. The SMILES string of the molecule is CCOCC(C)(CN)N(C)C1CCC(C)(C)CC1. The third kappa shape index (κ3) is 3.94. The third-order valence-corrected chi connectivity index (χ3v) is 4.76. The molecule has 0 saturated heterocycles. The number of nitrogens with two attached hydrogens (primary N) is 1. The van der Waals surface area contributed by atoms with E-state index in [0.717, 1.165) is 13.2 Å². The van der Waals surface area contributed by atoms with E-state index in [0.29, 0.717) is 18.0 Å². The van der Waals surface area contributed by atoms with E-state index in [2.05, 4.69) is 32.7 Å². The molecule has 18 heavy (non-hydrogen) atoms. The highest BCUT2D eigenvalue weighted by atomic mass is 16.5. The highest BCUT2D eigenvalue weighted by Crippen LogP contribution is 2.38. The fourth-order valence-corrected chi connectivity index (χ4v) is 2.84. The van der Waals surface area contributed by atoms with Crippen molar-refractivity contribution in [3.63, 3.8) is 0 Å². The molecular weight excluding hydrogens is 224 g/mol. The molecule has 1 fully saturated rings. The fraction of sp³-hybridized carbons (Fsp3) is 1.00. The molecule has 0 heterocycles. The van der Waals surface area contributed by atoms with Crippen LogP contribution < -0.4 is 5.73 Å². The van der Waals surface area contributed by atoms with Crippen molar-refractivity contribution in [1.82, 2.24) is 4.90 Å². The Morgan fingerprint density at radius 1 is 1.33 bits per heavy atom. The largest absolute Gasteiger partial charge is 0.380 e. The Kier molecular flexibility index (Phi) is 5.63. The van der Waals surface area contributed by atoms with E-state index in [1.807, 2.05) is 6.92 Å². The molecule has 0 spiro atoms. The summed E-state index contributed by atoms with van der Waals surface area (Å²) >= 11 is 0. The lowest BCUT2D eigenvalue weighted by atomic mass is 9.74. The highest BCUT2D eigenvalue weighted by Gasteiger charge is 2.36. The molecule has 1 unspecified atom stereocenters. The maximum atomic E-state index is 5.99. The van der Waals surface area contributed by atoms with Crippen LogP contribution in [0.5, 0.6) is 0 Å². The molecular formula is C15H32N2O. The van der Waals surface area contributed by atoms with Crippen LogP contribution in [-0.4, -0.2) is 43.3 Å². The van der Waals surface area contributed by atoms with Crippen molar-refractivity contribution >= 4 is 0 Å². The van der Waals surface area contributed by atoms with Crippen LogP contribution in [0.15, 0.2) is 0 Å². The van der Waals surface area contributed by atoms with Crippen molar-refractivity contribution in [3.8, 4) is 0 Å². The maximum Gasteiger partial charge on any atom is 0.0659 e. The third-order valence-electron chi connectivity index (χ3n) is 4.76. The predicted octanol–water partition coefficient (Wildman–Crippen LogP) is 2.64. The number of hydrogen-bond acceptors (Lipinski definition) is 3. The summed E-state index contributed by atoms with van der Waals surface area (Å²) in [6, 6.07) is 0.659. The molecule has 1 aliphatic rings. The molecule has 3 nitrogen and oxygen atoms in total. The first-order valence-electron chi connectivity index (χ1n) is 7.35. The molecule has 0 bridgehead atoms. The summed E-state index contributed by atoms with van der Waals surface area (Å²) in [5, 5.41) is 0. The Labute approximate surface area is 113 Å². The van der Waals surface area contributed by atoms with Crippen LogP contribution in [0.2, 0.25) is 0 Å². The Morgan fingerprint density at radius 3 is 2.33 bits per heavy atom. The zero-order valence-corrected chi connectivity index (χ0v) is 13.0. The van der Waals surface area contributed by atoms with E-state index in [1.54, 1.807) is 0 Å². The second kappa shape index (κ2) is 6.36. The molecule has 1 saturated carbocycles. The van der Waals surface area contributed by atoms with Crippen LogP contribution in [0.4, 0.5) is 0 Å². The average molecular weight is 256 g/mol. The Morgan fingerprint density at radius 2 is 1.89 bits per heavy atom. The molecule has 2 N–H and O–H groups in total. The lowest BCUT2D eigenvalue weighted by Crippen LogP contribution is -2.57. The summed E-state index contributed by atoms with van der Waals surface area (Å²) in [7, 11) is 2.22. The molecule has 0 aliphatic heterocycles. The van der Waals surface area contributed by atoms with Gasteiger partial charge in [0.15, 0.2) is 0 Å². The molecule has 0 aromatic heterocycles. The molecule has 0 amide bonds. The van der Waals surface area contributed by atoms with Gasteiger partial charge < -0.3 is 10.5 Å². The van der Waals surface area contributed by atoms with Crippen LogP contribution in [0.3, 0.4) is 0 Å². The molecule has 0 aromatic carbocycles. The number of ether oxygens (including phenoxy) is 1. The van der Waals surface area contributed by atoms with Gasteiger partial charge in [-0.1, -0.05) is 13.8 Å². The van der Waals surface area contributed by atoms with Gasteiger partial charge >= 0.3 is 0 Å². The van der Waals surface area contributed by atoms with Crippen molar-refractivity contribution in [3.05, 3.63) is 0 Å². The van der Waals surface area contributed by atoms with Crippen LogP contribution in [0, 0.1) is 5.41 Å². The van der Waals surface area contributed by atoms with E-state index in [9.17, 15) is 0 Å². The average Bonchev–Trinajstić information content (AvgIpc) is 2.35. The molecule has 0 aromatic rings. The summed E-state index contributed by atoms with van der Waals surface area (Å²) in [6.45, 7) is 11.2. The molecule has 108 valence electrons. The van der Waals surface area contributed by atoms with Gasteiger partial charge in [0, 0.05) is 19.2 Å². The van der Waals surface area contributed by atoms with Crippen molar-refractivity contribution in [2.24, 2.45) is 11.1 Å². The van der Waals surface area contributed by atoms with Gasteiger partial charge in [0.1, 0.15) is 0 Å². The first-order chi connectivity index (χ1) is 8.34. The number of likely N-dealkylation sites (N-methyl/N-ethyl adjacent to an activating group) is 1. The zero-order valence-electron chi connectivity index (χ0n) is 13.0. The fourth-order valence-electron chi connectivity index (χ4n) is 2.84. The van der Waals surface area contributed by atoms with E-state index in [4.69, 9.17) is 10.5 Å². The minimum absolute atomic E-state index is 0.0256. The standard InChI is InChI=1S/C15H32N2O/c1-6-18-12-15(4,11-16)17(5)13-7-9-14(2,3)10-8-13/h13H,6-12,16H2,1-5H3. The smallest absolute Gasteiger partial charge is 0.0659 e. The van der Waals surface area contributed by atoms with Crippen LogP contribution in [-0.2, 0) is 4.74 Å². The normalized spacial score (nSPS) is 24.2. The lowest BCUT2D eigenvalue weighted by molar-refractivity contribution is -0.0143. The predicted molar refractivity (Wildman–Crippen MR) is 77.8 cm³/mol. The van der Waals surface area contributed by atoms with Crippen molar-refractivity contribution in [2.75, 3.05) is 26.8 Å². The minimum atomic E-state index is -0.0256. The zero-order chi connectivity index (χ0) is 13.8. The van der Waals surface area contributed by atoms with Crippen LogP contribution in [0.25, 0.3) is 0 Å². The molecule has 1 rings (SSSR count). The van der Waals surface area contributed by atoms with Gasteiger partial charge in [-0.2, -0.15) is 0 Å². The lowest BCUT2D eigenvalue weighted by Gasteiger charge is -2.46. The van der Waals surface area contributed by atoms with E-state index in [-0.39, 0.29) is 5.54 Å². The summed E-state index contributed by atoms with van der Waals surface area (Å²) in [4.78, 5) is 2.47. The van der Waals surface area contributed by atoms with E-state index < -0.39 is 0 Å². The van der Waals surface area contributed by atoms with Gasteiger partial charge in [-0.15, -0.1) is 0 Å². The summed E-state index contributed by atoms with van der Waals surface area (Å²) in [5.74, 6) is 0. The highest BCUT2D eigenvalue weighted by molar-refractivity contribution is 4.92. The number of rotatable bonds is 6. The summed E-state index contributed by atoms with van der Waals surface area (Å²) in [6.07, 6.45) is 5.20. The first-order valence-corrected chi connectivity index (χ1v) is 7.35. The molecule has 1 atom stereocenters. The van der Waals surface area contributed by atoms with Crippen molar-refractivity contribution in [1.29, 1.82) is 0 Å². The minimum Gasteiger partial charge on any atom is -0.380 e. The van der Waals surface area contributed by atoms with E-state index in [1.165, 1.54) is 25.7 Å². The Hall–Kier alpha value is -0.120. The van der Waals surface area contributed by atoms with Gasteiger partial charge in [0.25, 0.3) is 0 Å². The monoisotopic (exact) mass is 256 g/mol. The Balaban J connectivity index is 2.59. The number of hydrogen-bond donors (Lipinski definition) is 1. The second-order valence-electron chi connectivity index (χ2n) is 6.84. The topological polar surface area (TPSA) is 38.5 Å². The maximum absolute atomic E-state index is 5.99. The molecule has 3 heteroatoms. The van der Waals surface area contributed by atoms with Crippen molar-refractivity contribution < 1.29 is 4.74 Å². The van der Waals surface area contributed by atoms with Crippen molar-refractivity contribution in [2.45, 2.75) is 65.0 Å². The van der Waals surface area contributed by atoms with Gasteiger partial charge in [-0.3, -0.25) is 4.90 Å². The van der Waals surface area contributed by atoms with Gasteiger partial charge in [-0.25, -0.2) is 0 Å². The summed E-state index contributed by atoms with van der Waals surface area (Å²) in [5.41, 5.74) is 6.49. The van der Waals surface area contributed by atoms with Gasteiger partial charge in [0.05, 0.1) is 12.1 Å². The van der Waals surface area contributed by atoms with E-state index >= 15 is 0 Å². The quantitative estimate of drug-likeness (QED) is 0.794. The second-order valence-corrected chi connectivity index (χ2v) is 6.84. The van der Waals surface area contributed by atoms with Gasteiger partial charge in [0.2, 0.25) is 0 Å². The van der Waals surface area contributed by atoms with Crippen LogP contribution in [0.1, 0.15) is 53.4 Å². The number of nitrogens with zero attached hydrogens (tertiary/aromatic N) is 1.